The van der Waals surface area contributed by atoms with Crippen LogP contribution in [0.25, 0.3) is 0 Å². The maximum Gasteiger partial charge on any atom is 0.187 e. The maximum atomic E-state index is 10.9. The van der Waals surface area contributed by atoms with Crippen molar-refractivity contribution in [2.45, 2.75) is 98.2 Å². The fourth-order valence-electron chi connectivity index (χ4n) is 4.40. The standard InChI is InChI=1S/C18H36N4O11/c19-2-6-10(25)12(27)13(28)18(30-6)33-16-5(21)1-4(20)15(14(16)29)32-17-11(26)8(22)9(24)7(3-23)31-17/h4-18,23-29H,1-3,19-22H2/t4-,5+,6-,7-,8+,9-,10-,11-,12+,13-,14-,15+,16-,17-,18-/m0/s1. The second-order valence-corrected chi connectivity index (χ2v) is 8.79. The molecule has 0 aromatic carbocycles. The van der Waals surface area contributed by atoms with Crippen molar-refractivity contribution in [3.63, 3.8) is 0 Å². The second-order valence-electron chi connectivity index (χ2n) is 8.79. The molecule has 2 saturated heterocycles. The van der Waals surface area contributed by atoms with Crippen LogP contribution in [0.3, 0.4) is 0 Å². The molecule has 15 nitrogen and oxygen atoms in total. The summed E-state index contributed by atoms with van der Waals surface area (Å²) < 4.78 is 22.2. The third kappa shape index (κ3) is 5.32. The molecule has 0 aromatic rings. The van der Waals surface area contributed by atoms with E-state index < -0.39 is 98.4 Å². The number of hydrogen-bond donors (Lipinski definition) is 11. The summed E-state index contributed by atoms with van der Waals surface area (Å²) >= 11 is 0. The molecule has 0 spiro atoms. The molecule has 3 fully saturated rings. The normalized spacial score (nSPS) is 53.7. The van der Waals surface area contributed by atoms with Gasteiger partial charge in [-0.1, -0.05) is 0 Å². The summed E-state index contributed by atoms with van der Waals surface area (Å²) in [4.78, 5) is 0. The zero-order valence-corrected chi connectivity index (χ0v) is 17.9. The van der Waals surface area contributed by atoms with Crippen LogP contribution in [0.5, 0.6) is 0 Å². The van der Waals surface area contributed by atoms with Gasteiger partial charge in [0.15, 0.2) is 12.6 Å². The number of hydrogen-bond acceptors (Lipinski definition) is 15. The van der Waals surface area contributed by atoms with Crippen LogP contribution in [0.4, 0.5) is 0 Å². The topological polar surface area (TPSA) is 283 Å². The minimum absolute atomic E-state index is 0.0849. The molecule has 2 aliphatic heterocycles. The third-order valence-electron chi connectivity index (χ3n) is 6.48. The van der Waals surface area contributed by atoms with Crippen LogP contribution in [-0.2, 0) is 18.9 Å². The van der Waals surface area contributed by atoms with E-state index in [9.17, 15) is 35.7 Å². The number of aliphatic hydroxyl groups is 7. The van der Waals surface area contributed by atoms with Crippen LogP contribution >= 0.6 is 0 Å². The summed E-state index contributed by atoms with van der Waals surface area (Å²) in [6.45, 7) is -0.763. The summed E-state index contributed by atoms with van der Waals surface area (Å²) in [5, 5.41) is 70.9. The van der Waals surface area contributed by atoms with Crippen molar-refractivity contribution in [3.8, 4) is 0 Å². The van der Waals surface area contributed by atoms with E-state index >= 15 is 0 Å². The molecule has 194 valence electrons. The summed E-state index contributed by atoms with van der Waals surface area (Å²) in [7, 11) is 0. The molecular formula is C18H36N4O11. The monoisotopic (exact) mass is 484 g/mol. The van der Waals surface area contributed by atoms with Crippen molar-refractivity contribution >= 4 is 0 Å². The fraction of sp³-hybridized carbons (Fsp3) is 1.00. The highest BCUT2D eigenvalue weighted by molar-refractivity contribution is 5.01. The van der Waals surface area contributed by atoms with Gasteiger partial charge < -0.3 is 77.6 Å². The summed E-state index contributed by atoms with van der Waals surface area (Å²) in [5.41, 5.74) is 23.5. The molecule has 3 rings (SSSR count). The number of rotatable bonds is 6. The predicted octanol–water partition coefficient (Wildman–Crippen LogP) is -7.29. The van der Waals surface area contributed by atoms with E-state index in [2.05, 4.69) is 0 Å². The van der Waals surface area contributed by atoms with Gasteiger partial charge in [0.2, 0.25) is 0 Å². The number of nitrogens with two attached hydrogens (primary N) is 4. The third-order valence-corrected chi connectivity index (χ3v) is 6.48. The van der Waals surface area contributed by atoms with Crippen LogP contribution in [0.1, 0.15) is 6.42 Å². The Balaban J connectivity index is 1.72. The van der Waals surface area contributed by atoms with E-state index in [0.717, 1.165) is 0 Å². The lowest BCUT2D eigenvalue weighted by atomic mass is 9.84. The van der Waals surface area contributed by atoms with Crippen LogP contribution < -0.4 is 22.9 Å². The van der Waals surface area contributed by atoms with Crippen molar-refractivity contribution < 1.29 is 54.7 Å². The van der Waals surface area contributed by atoms with E-state index in [0.29, 0.717) is 0 Å². The number of ether oxygens (including phenoxy) is 4. The molecule has 0 unspecified atom stereocenters. The van der Waals surface area contributed by atoms with Gasteiger partial charge in [0, 0.05) is 18.6 Å². The highest BCUT2D eigenvalue weighted by atomic mass is 16.7. The average molecular weight is 485 g/mol. The van der Waals surface area contributed by atoms with Gasteiger partial charge in [-0.05, 0) is 6.42 Å². The lowest BCUT2D eigenvalue weighted by Crippen LogP contribution is -2.68. The molecule has 1 aliphatic carbocycles. The van der Waals surface area contributed by atoms with Gasteiger partial charge >= 0.3 is 0 Å². The Morgan fingerprint density at radius 1 is 0.667 bits per heavy atom. The van der Waals surface area contributed by atoms with Gasteiger partial charge in [0.05, 0.1) is 12.6 Å². The van der Waals surface area contributed by atoms with E-state index in [-0.39, 0.29) is 13.0 Å². The van der Waals surface area contributed by atoms with Crippen molar-refractivity contribution in [2.75, 3.05) is 13.2 Å². The van der Waals surface area contributed by atoms with E-state index in [1.807, 2.05) is 0 Å². The summed E-state index contributed by atoms with van der Waals surface area (Å²) in [5.74, 6) is 0. The minimum Gasteiger partial charge on any atom is -0.394 e. The quantitative estimate of drug-likeness (QED) is 0.167. The first kappa shape index (κ1) is 27.0. The molecule has 15 heteroatoms. The van der Waals surface area contributed by atoms with Crippen LogP contribution in [0, 0.1) is 0 Å². The first-order valence-electron chi connectivity index (χ1n) is 10.8. The van der Waals surface area contributed by atoms with Crippen molar-refractivity contribution in [1.82, 2.24) is 0 Å². The van der Waals surface area contributed by atoms with Gasteiger partial charge in [-0.3, -0.25) is 0 Å². The SMILES string of the molecule is NC[C@@H]1O[C@@H](O[C@@H]2[C@@H](O)[C@H](O[C@@H]3O[C@@H](CO)[C@H](O)[C@@H](N)[C@@H]3O)[C@@H](N)C[C@H]2N)[C@@H](O)[C@H](O)[C@H]1O. The highest BCUT2D eigenvalue weighted by Gasteiger charge is 2.51. The van der Waals surface area contributed by atoms with E-state index in [4.69, 9.17) is 41.9 Å². The zero-order valence-electron chi connectivity index (χ0n) is 17.9. The Kier molecular flexibility index (Phi) is 8.99. The average Bonchev–Trinajstić information content (AvgIpc) is 2.79. The summed E-state index contributed by atoms with van der Waals surface area (Å²) in [6, 6.07) is -2.86. The molecule has 3 aliphatic rings. The van der Waals surface area contributed by atoms with Crippen LogP contribution in [-0.4, -0.2) is 141 Å². The smallest absolute Gasteiger partial charge is 0.187 e. The molecular weight excluding hydrogens is 448 g/mol. The maximum absolute atomic E-state index is 10.9. The van der Waals surface area contributed by atoms with Crippen molar-refractivity contribution in [3.05, 3.63) is 0 Å². The number of aliphatic hydroxyl groups excluding tert-OH is 7. The summed E-state index contributed by atoms with van der Waals surface area (Å²) in [6.07, 6.45) is -16.5. The molecule has 2 heterocycles. The first-order valence-corrected chi connectivity index (χ1v) is 10.8. The minimum atomic E-state index is -1.66. The molecule has 15 atom stereocenters. The molecule has 1 saturated carbocycles. The molecule has 0 radical (unpaired) electrons. The van der Waals surface area contributed by atoms with E-state index in [1.54, 1.807) is 0 Å². The van der Waals surface area contributed by atoms with Gasteiger partial charge in [0.25, 0.3) is 0 Å². The van der Waals surface area contributed by atoms with Crippen LogP contribution in [0.15, 0.2) is 0 Å². The van der Waals surface area contributed by atoms with Gasteiger partial charge in [0.1, 0.15) is 61.0 Å². The van der Waals surface area contributed by atoms with Gasteiger partial charge in [-0.15, -0.1) is 0 Å². The first-order chi connectivity index (χ1) is 15.5. The Morgan fingerprint density at radius 3 is 1.70 bits per heavy atom. The predicted molar refractivity (Wildman–Crippen MR) is 108 cm³/mol. The molecule has 0 amide bonds. The van der Waals surface area contributed by atoms with Gasteiger partial charge in [-0.25, -0.2) is 0 Å². The Morgan fingerprint density at radius 2 is 1.18 bits per heavy atom. The fourth-order valence-corrected chi connectivity index (χ4v) is 4.40. The molecule has 0 bridgehead atoms. The van der Waals surface area contributed by atoms with Crippen LogP contribution in [0.2, 0.25) is 0 Å². The lowest BCUT2D eigenvalue weighted by Gasteiger charge is -2.48. The van der Waals surface area contributed by atoms with Crippen molar-refractivity contribution in [2.24, 2.45) is 22.9 Å². The lowest BCUT2D eigenvalue weighted by molar-refractivity contribution is -0.332. The second kappa shape index (κ2) is 11.0. The molecule has 15 N–H and O–H groups in total. The van der Waals surface area contributed by atoms with E-state index in [1.165, 1.54) is 0 Å². The Labute approximate surface area is 189 Å². The molecule has 33 heavy (non-hydrogen) atoms. The zero-order chi connectivity index (χ0) is 24.6. The molecule has 0 aromatic heterocycles. The van der Waals surface area contributed by atoms with Gasteiger partial charge in [-0.2, -0.15) is 0 Å². The largest absolute Gasteiger partial charge is 0.394 e. The van der Waals surface area contributed by atoms with Crippen molar-refractivity contribution in [1.29, 1.82) is 0 Å². The Hall–Kier alpha value is -0.600. The highest BCUT2D eigenvalue weighted by Crippen LogP contribution is 2.31. The Bertz CT molecular complexity index is 584.